The second-order valence-corrected chi connectivity index (χ2v) is 4.22. The summed E-state index contributed by atoms with van der Waals surface area (Å²) in [5.74, 6) is 0.400. The molecule has 1 saturated heterocycles. The van der Waals surface area contributed by atoms with Gasteiger partial charge in [-0.1, -0.05) is 6.92 Å². The van der Waals surface area contributed by atoms with Gasteiger partial charge in [-0.15, -0.1) is 0 Å². The highest BCUT2D eigenvalue weighted by Crippen LogP contribution is 2.02. The molecule has 1 aliphatic rings. The van der Waals surface area contributed by atoms with E-state index in [4.69, 9.17) is 0 Å². The molecule has 1 heterocycles. The lowest BCUT2D eigenvalue weighted by molar-refractivity contribution is -0.120. The number of carbonyl (C=O) groups excluding carboxylic acids is 1. The van der Waals surface area contributed by atoms with E-state index in [9.17, 15) is 4.79 Å². The van der Waals surface area contributed by atoms with E-state index in [0.29, 0.717) is 12.3 Å². The predicted molar refractivity (Wildman–Crippen MR) is 58.5 cm³/mol. The number of Topliss-reactive ketones (excluding diaryl/α,β-unsaturated/α-hetero) is 1. The molecule has 14 heavy (non-hydrogen) atoms. The van der Waals surface area contributed by atoms with Crippen molar-refractivity contribution in [1.82, 2.24) is 9.80 Å². The molecule has 0 bridgehead atoms. The lowest BCUT2D eigenvalue weighted by Crippen LogP contribution is -2.33. The zero-order valence-electron chi connectivity index (χ0n) is 9.46. The Kier molecular flexibility index (Phi) is 5.12. The average Bonchev–Trinajstić information content (AvgIpc) is 2.32. The van der Waals surface area contributed by atoms with Crippen molar-refractivity contribution in [2.24, 2.45) is 0 Å². The van der Waals surface area contributed by atoms with E-state index < -0.39 is 0 Å². The molecule has 0 unspecified atom stereocenters. The number of carbonyl (C=O) groups is 1. The summed E-state index contributed by atoms with van der Waals surface area (Å²) in [6.07, 6.45) is 2.91. The molecular weight excluding hydrogens is 176 g/mol. The van der Waals surface area contributed by atoms with Gasteiger partial charge in [0.2, 0.25) is 0 Å². The Morgan fingerprint density at radius 1 is 1.21 bits per heavy atom. The van der Waals surface area contributed by atoms with Crippen molar-refractivity contribution in [3.05, 3.63) is 0 Å². The molecule has 0 radical (unpaired) electrons. The smallest absolute Gasteiger partial charge is 0.146 e. The first kappa shape index (κ1) is 11.7. The van der Waals surface area contributed by atoms with E-state index in [1.807, 2.05) is 0 Å². The highest BCUT2D eigenvalue weighted by Gasteiger charge is 2.14. The normalized spacial score (nSPS) is 20.7. The highest BCUT2D eigenvalue weighted by molar-refractivity contribution is 5.80. The van der Waals surface area contributed by atoms with E-state index >= 15 is 0 Å². The zero-order chi connectivity index (χ0) is 10.4. The van der Waals surface area contributed by atoms with Crippen LogP contribution in [-0.4, -0.2) is 55.4 Å². The van der Waals surface area contributed by atoms with Crippen LogP contribution in [0, 0.1) is 0 Å². The van der Waals surface area contributed by atoms with Gasteiger partial charge in [0.1, 0.15) is 5.78 Å². The van der Waals surface area contributed by atoms with Crippen LogP contribution in [0.2, 0.25) is 0 Å². The van der Waals surface area contributed by atoms with Gasteiger partial charge in [0.15, 0.2) is 0 Å². The molecular formula is C11H22N2O. The van der Waals surface area contributed by atoms with E-state index in [0.717, 1.165) is 32.5 Å². The van der Waals surface area contributed by atoms with E-state index in [-0.39, 0.29) is 0 Å². The molecule has 82 valence electrons. The Balaban J connectivity index is 2.26. The number of nitrogens with zero attached hydrogens (tertiary/aromatic N) is 2. The van der Waals surface area contributed by atoms with Crippen LogP contribution in [0.25, 0.3) is 0 Å². The van der Waals surface area contributed by atoms with Gasteiger partial charge < -0.3 is 4.90 Å². The Bertz CT molecular complexity index is 182. The molecule has 1 rings (SSSR count). The van der Waals surface area contributed by atoms with E-state index in [1.54, 1.807) is 0 Å². The molecule has 0 amide bonds. The molecule has 0 N–H and O–H groups in total. The van der Waals surface area contributed by atoms with Gasteiger partial charge in [0.25, 0.3) is 0 Å². The second kappa shape index (κ2) is 6.14. The van der Waals surface area contributed by atoms with Crippen LogP contribution >= 0.6 is 0 Å². The molecule has 0 aromatic carbocycles. The zero-order valence-corrected chi connectivity index (χ0v) is 9.46. The first-order valence-electron chi connectivity index (χ1n) is 5.65. The van der Waals surface area contributed by atoms with Crippen LogP contribution in [0.1, 0.15) is 26.2 Å². The Hall–Kier alpha value is -0.410. The number of ketones is 1. The number of rotatable bonds is 4. The molecule has 0 aromatic heterocycles. The van der Waals surface area contributed by atoms with Crippen molar-refractivity contribution < 1.29 is 4.79 Å². The summed E-state index contributed by atoms with van der Waals surface area (Å²) in [7, 11) is 2.15. The first-order valence-corrected chi connectivity index (χ1v) is 5.65. The lowest BCUT2D eigenvalue weighted by atomic mass is 10.2. The maximum atomic E-state index is 11.4. The molecule has 1 fully saturated rings. The lowest BCUT2D eigenvalue weighted by Gasteiger charge is -2.18. The Labute approximate surface area is 87.1 Å². The first-order chi connectivity index (χ1) is 6.72. The van der Waals surface area contributed by atoms with Gasteiger partial charge in [0.05, 0.1) is 6.54 Å². The monoisotopic (exact) mass is 198 g/mol. The minimum Gasteiger partial charge on any atom is -0.305 e. The second-order valence-electron chi connectivity index (χ2n) is 4.22. The minimum absolute atomic E-state index is 0.400. The molecule has 3 nitrogen and oxygen atoms in total. The van der Waals surface area contributed by atoms with Crippen molar-refractivity contribution in [2.75, 3.05) is 39.8 Å². The number of likely N-dealkylation sites (N-methyl/N-ethyl adjacent to an activating group) is 1. The van der Waals surface area contributed by atoms with E-state index in [1.165, 1.54) is 13.0 Å². The van der Waals surface area contributed by atoms with Crippen LogP contribution in [0.5, 0.6) is 0 Å². The van der Waals surface area contributed by atoms with Crippen molar-refractivity contribution >= 4 is 5.78 Å². The van der Waals surface area contributed by atoms with Crippen LogP contribution in [-0.2, 0) is 4.79 Å². The van der Waals surface area contributed by atoms with Crippen LogP contribution in [0.4, 0.5) is 0 Å². The summed E-state index contributed by atoms with van der Waals surface area (Å²) in [4.78, 5) is 16.1. The standard InChI is InChI=1S/C11H22N2O/c1-3-5-11(14)10-13-7-4-6-12(2)8-9-13/h3-10H2,1-2H3. The molecule has 1 aliphatic heterocycles. The highest BCUT2D eigenvalue weighted by atomic mass is 16.1. The summed E-state index contributed by atoms with van der Waals surface area (Å²) in [5.41, 5.74) is 0. The van der Waals surface area contributed by atoms with Gasteiger partial charge in [-0.05, 0) is 33.0 Å². The molecule has 3 heteroatoms. The predicted octanol–water partition coefficient (Wildman–Crippen LogP) is 0.993. The van der Waals surface area contributed by atoms with Gasteiger partial charge >= 0.3 is 0 Å². The maximum absolute atomic E-state index is 11.4. The molecule has 0 spiro atoms. The number of hydrogen-bond donors (Lipinski definition) is 0. The van der Waals surface area contributed by atoms with Crippen molar-refractivity contribution in [3.63, 3.8) is 0 Å². The van der Waals surface area contributed by atoms with Gasteiger partial charge in [-0.3, -0.25) is 9.69 Å². The van der Waals surface area contributed by atoms with Crippen molar-refractivity contribution in [2.45, 2.75) is 26.2 Å². The molecule has 0 aliphatic carbocycles. The summed E-state index contributed by atoms with van der Waals surface area (Å²) in [6.45, 7) is 7.12. The average molecular weight is 198 g/mol. The topological polar surface area (TPSA) is 23.6 Å². The van der Waals surface area contributed by atoms with Crippen LogP contribution in [0.3, 0.4) is 0 Å². The third-order valence-corrected chi connectivity index (χ3v) is 2.74. The third-order valence-electron chi connectivity index (χ3n) is 2.74. The van der Waals surface area contributed by atoms with Crippen molar-refractivity contribution in [1.29, 1.82) is 0 Å². The van der Waals surface area contributed by atoms with E-state index in [2.05, 4.69) is 23.8 Å². The van der Waals surface area contributed by atoms with Crippen LogP contribution in [0.15, 0.2) is 0 Å². The fourth-order valence-electron chi connectivity index (χ4n) is 1.87. The fourth-order valence-corrected chi connectivity index (χ4v) is 1.87. The van der Waals surface area contributed by atoms with Crippen molar-refractivity contribution in [3.8, 4) is 0 Å². The molecule has 0 atom stereocenters. The third kappa shape index (κ3) is 4.20. The molecule has 0 saturated carbocycles. The van der Waals surface area contributed by atoms with Crippen LogP contribution < -0.4 is 0 Å². The summed E-state index contributed by atoms with van der Waals surface area (Å²) in [6, 6.07) is 0. The molecule has 0 aromatic rings. The number of hydrogen-bond acceptors (Lipinski definition) is 3. The van der Waals surface area contributed by atoms with Gasteiger partial charge in [0, 0.05) is 19.5 Å². The fraction of sp³-hybridized carbons (Fsp3) is 0.909. The summed E-state index contributed by atoms with van der Waals surface area (Å²) < 4.78 is 0. The minimum atomic E-state index is 0.400. The summed E-state index contributed by atoms with van der Waals surface area (Å²) in [5, 5.41) is 0. The quantitative estimate of drug-likeness (QED) is 0.673. The SMILES string of the molecule is CCCC(=O)CN1CCCN(C)CC1. The Morgan fingerprint density at radius 3 is 2.71 bits per heavy atom. The maximum Gasteiger partial charge on any atom is 0.146 e. The summed E-state index contributed by atoms with van der Waals surface area (Å²) >= 11 is 0. The van der Waals surface area contributed by atoms with Gasteiger partial charge in [-0.2, -0.15) is 0 Å². The Morgan fingerprint density at radius 2 is 2.00 bits per heavy atom. The largest absolute Gasteiger partial charge is 0.305 e. The van der Waals surface area contributed by atoms with Gasteiger partial charge in [-0.25, -0.2) is 0 Å².